The highest BCUT2D eigenvalue weighted by atomic mass is 16.5. The Hall–Kier alpha value is -2.73. The lowest BCUT2D eigenvalue weighted by Crippen LogP contribution is -2.33. The van der Waals surface area contributed by atoms with Crippen molar-refractivity contribution in [1.29, 1.82) is 0 Å². The predicted molar refractivity (Wildman–Crippen MR) is 97.6 cm³/mol. The SMILES string of the molecule is COC(NC(=O)c1c(C(N)=O)ccnc1C1CCCC1)c1ccccc1. The molecule has 1 aromatic heterocycles. The quantitative estimate of drug-likeness (QED) is 0.781. The number of nitrogens with zero attached hydrogens (tertiary/aromatic N) is 1. The van der Waals surface area contributed by atoms with E-state index in [0.717, 1.165) is 31.2 Å². The molecule has 1 saturated carbocycles. The van der Waals surface area contributed by atoms with Gasteiger partial charge in [-0.1, -0.05) is 43.2 Å². The third-order valence-electron chi connectivity index (χ3n) is 4.81. The van der Waals surface area contributed by atoms with Gasteiger partial charge in [0.1, 0.15) is 0 Å². The van der Waals surface area contributed by atoms with E-state index in [9.17, 15) is 9.59 Å². The molecule has 0 radical (unpaired) electrons. The highest BCUT2D eigenvalue weighted by molar-refractivity contribution is 6.07. The number of rotatable bonds is 6. The molecule has 6 nitrogen and oxygen atoms in total. The van der Waals surface area contributed by atoms with Crippen LogP contribution in [-0.2, 0) is 4.74 Å². The molecule has 1 aliphatic carbocycles. The Kier molecular flexibility index (Phi) is 5.63. The Bertz CT molecular complexity index is 786. The summed E-state index contributed by atoms with van der Waals surface area (Å²) in [6, 6.07) is 10.9. The van der Waals surface area contributed by atoms with Crippen molar-refractivity contribution < 1.29 is 14.3 Å². The lowest BCUT2D eigenvalue weighted by molar-refractivity contribution is 0.0572. The predicted octanol–water partition coefficient (Wildman–Crippen LogP) is 2.91. The molecule has 0 saturated heterocycles. The molecule has 2 amide bonds. The number of benzene rings is 1. The Balaban J connectivity index is 1.95. The van der Waals surface area contributed by atoms with Gasteiger partial charge >= 0.3 is 0 Å². The molecule has 0 spiro atoms. The van der Waals surface area contributed by atoms with Crippen LogP contribution in [0.25, 0.3) is 0 Å². The third-order valence-corrected chi connectivity index (χ3v) is 4.81. The second-order valence-electron chi connectivity index (χ2n) is 6.46. The number of amides is 2. The minimum atomic E-state index is -0.634. The van der Waals surface area contributed by atoms with Gasteiger partial charge in [-0.2, -0.15) is 0 Å². The van der Waals surface area contributed by atoms with Gasteiger partial charge in [0.05, 0.1) is 16.8 Å². The molecule has 1 aromatic carbocycles. The van der Waals surface area contributed by atoms with E-state index >= 15 is 0 Å². The molecule has 26 heavy (non-hydrogen) atoms. The van der Waals surface area contributed by atoms with E-state index in [2.05, 4.69) is 10.3 Å². The van der Waals surface area contributed by atoms with Crippen LogP contribution < -0.4 is 11.1 Å². The summed E-state index contributed by atoms with van der Waals surface area (Å²) in [5, 5.41) is 2.85. The summed E-state index contributed by atoms with van der Waals surface area (Å²) >= 11 is 0. The molecule has 3 N–H and O–H groups in total. The Morgan fingerprint density at radius 3 is 2.50 bits per heavy atom. The zero-order valence-electron chi connectivity index (χ0n) is 14.8. The third kappa shape index (κ3) is 3.75. The number of nitrogens with two attached hydrogens (primary N) is 1. The topological polar surface area (TPSA) is 94.3 Å². The summed E-state index contributed by atoms with van der Waals surface area (Å²) in [5.41, 5.74) is 7.45. The number of hydrogen-bond acceptors (Lipinski definition) is 4. The molecule has 1 heterocycles. The van der Waals surface area contributed by atoms with Gasteiger partial charge in [-0.3, -0.25) is 14.6 Å². The van der Waals surface area contributed by atoms with E-state index in [4.69, 9.17) is 10.5 Å². The van der Waals surface area contributed by atoms with Gasteiger partial charge < -0.3 is 15.8 Å². The van der Waals surface area contributed by atoms with Gasteiger partial charge in [-0.25, -0.2) is 0 Å². The van der Waals surface area contributed by atoms with Crippen LogP contribution in [0, 0.1) is 0 Å². The average molecular weight is 353 g/mol. The van der Waals surface area contributed by atoms with Gasteiger partial charge in [0.2, 0.25) is 5.91 Å². The molecule has 1 atom stereocenters. The lowest BCUT2D eigenvalue weighted by atomic mass is 9.94. The molecule has 1 aliphatic rings. The van der Waals surface area contributed by atoms with Crippen molar-refractivity contribution in [1.82, 2.24) is 10.3 Å². The fourth-order valence-corrected chi connectivity index (χ4v) is 3.53. The summed E-state index contributed by atoms with van der Waals surface area (Å²) in [7, 11) is 1.52. The molecule has 2 aromatic rings. The number of hydrogen-bond donors (Lipinski definition) is 2. The Morgan fingerprint density at radius 2 is 1.88 bits per heavy atom. The fraction of sp³-hybridized carbons (Fsp3) is 0.350. The maximum Gasteiger partial charge on any atom is 0.256 e. The first-order valence-corrected chi connectivity index (χ1v) is 8.79. The molecule has 3 rings (SSSR count). The maximum absolute atomic E-state index is 13.1. The standard InChI is InChI=1S/C20H23N3O3/c1-26-20(14-9-3-2-4-10-14)23-19(25)16-15(18(21)24)11-12-22-17(16)13-7-5-6-8-13/h2-4,9-13,20H,5-8H2,1H3,(H2,21,24)(H,23,25). The number of carbonyl (C=O) groups excluding carboxylic acids is 2. The van der Waals surface area contributed by atoms with Crippen molar-refractivity contribution in [2.24, 2.45) is 5.73 Å². The van der Waals surface area contributed by atoms with E-state index in [-0.39, 0.29) is 17.0 Å². The number of ether oxygens (including phenoxy) is 1. The van der Waals surface area contributed by atoms with Crippen molar-refractivity contribution in [2.75, 3.05) is 7.11 Å². The molecule has 0 bridgehead atoms. The van der Waals surface area contributed by atoms with Crippen molar-refractivity contribution >= 4 is 11.8 Å². The van der Waals surface area contributed by atoms with Crippen LogP contribution in [0.1, 0.15) is 69.8 Å². The van der Waals surface area contributed by atoms with Gasteiger partial charge in [0.15, 0.2) is 6.23 Å². The lowest BCUT2D eigenvalue weighted by Gasteiger charge is -2.21. The van der Waals surface area contributed by atoms with Crippen LogP contribution in [0.4, 0.5) is 0 Å². The van der Waals surface area contributed by atoms with Crippen LogP contribution in [0.2, 0.25) is 0 Å². The molecule has 1 fully saturated rings. The summed E-state index contributed by atoms with van der Waals surface area (Å²) in [5.74, 6) is -0.859. The zero-order valence-corrected chi connectivity index (χ0v) is 14.8. The van der Waals surface area contributed by atoms with Gasteiger partial charge in [-0.05, 0) is 18.9 Å². The van der Waals surface area contributed by atoms with Crippen molar-refractivity contribution in [3.8, 4) is 0 Å². The second kappa shape index (κ2) is 8.10. The van der Waals surface area contributed by atoms with E-state index in [1.54, 1.807) is 6.20 Å². The number of nitrogens with one attached hydrogen (secondary N) is 1. The van der Waals surface area contributed by atoms with E-state index < -0.39 is 18.0 Å². The largest absolute Gasteiger partial charge is 0.366 e. The van der Waals surface area contributed by atoms with Crippen molar-refractivity contribution in [3.05, 3.63) is 65.0 Å². The van der Waals surface area contributed by atoms with Crippen molar-refractivity contribution in [2.45, 2.75) is 37.8 Å². The monoisotopic (exact) mass is 353 g/mol. The summed E-state index contributed by atoms with van der Waals surface area (Å²) < 4.78 is 5.43. The first kappa shape index (κ1) is 18.1. The average Bonchev–Trinajstić information content (AvgIpc) is 3.20. The van der Waals surface area contributed by atoms with Gasteiger partial charge in [0.25, 0.3) is 5.91 Å². The molecule has 6 heteroatoms. The van der Waals surface area contributed by atoms with Gasteiger partial charge in [-0.15, -0.1) is 0 Å². The van der Waals surface area contributed by atoms with Crippen LogP contribution >= 0.6 is 0 Å². The summed E-state index contributed by atoms with van der Waals surface area (Å²) in [4.78, 5) is 29.4. The number of carbonyl (C=O) groups is 2. The molecule has 0 aliphatic heterocycles. The van der Waals surface area contributed by atoms with Crippen LogP contribution in [0.3, 0.4) is 0 Å². The Labute approximate surface area is 152 Å². The highest BCUT2D eigenvalue weighted by Gasteiger charge is 2.29. The number of aromatic nitrogens is 1. The molecular weight excluding hydrogens is 330 g/mol. The second-order valence-corrected chi connectivity index (χ2v) is 6.46. The minimum Gasteiger partial charge on any atom is -0.366 e. The number of primary amides is 1. The number of methoxy groups -OCH3 is 1. The normalized spacial score (nSPS) is 15.6. The number of pyridine rings is 1. The first-order chi connectivity index (χ1) is 12.6. The smallest absolute Gasteiger partial charge is 0.256 e. The summed E-state index contributed by atoms with van der Waals surface area (Å²) in [6.07, 6.45) is 5.04. The van der Waals surface area contributed by atoms with Crippen molar-refractivity contribution in [3.63, 3.8) is 0 Å². The Morgan fingerprint density at radius 1 is 1.19 bits per heavy atom. The van der Waals surface area contributed by atoms with Crippen LogP contribution in [0.15, 0.2) is 42.6 Å². The fourth-order valence-electron chi connectivity index (χ4n) is 3.53. The van der Waals surface area contributed by atoms with E-state index in [1.165, 1.54) is 13.2 Å². The highest BCUT2D eigenvalue weighted by Crippen LogP contribution is 2.35. The van der Waals surface area contributed by atoms with E-state index in [0.29, 0.717) is 5.69 Å². The van der Waals surface area contributed by atoms with Crippen LogP contribution in [0.5, 0.6) is 0 Å². The summed E-state index contributed by atoms with van der Waals surface area (Å²) in [6.45, 7) is 0. The van der Waals surface area contributed by atoms with Crippen LogP contribution in [-0.4, -0.2) is 23.9 Å². The maximum atomic E-state index is 13.1. The first-order valence-electron chi connectivity index (χ1n) is 8.79. The van der Waals surface area contributed by atoms with Gasteiger partial charge in [0, 0.05) is 24.8 Å². The molecular formula is C20H23N3O3. The zero-order chi connectivity index (χ0) is 18.5. The minimum absolute atomic E-state index is 0.174. The van der Waals surface area contributed by atoms with E-state index in [1.807, 2.05) is 30.3 Å². The molecule has 1 unspecified atom stereocenters. The molecule has 136 valence electrons.